The summed E-state index contributed by atoms with van der Waals surface area (Å²) in [4.78, 5) is 25.2. The second kappa shape index (κ2) is 75.8. The number of aliphatic hydroxyl groups excluding tert-OH is 5. The molecular formula is C87H163NO10. The molecule has 1 aliphatic rings. The fraction of sp³-hybridized carbons (Fsp3) is 0.885. The van der Waals surface area contributed by atoms with Gasteiger partial charge < -0.3 is 45.1 Å². The summed E-state index contributed by atoms with van der Waals surface area (Å²) < 4.78 is 16.8. The number of nitrogens with one attached hydrogen (secondary N) is 1. The third-order valence-corrected chi connectivity index (χ3v) is 20.4. The first-order valence-corrected chi connectivity index (χ1v) is 42.9. The standard InChI is InChI=1S/C87H163NO10/c1-3-5-7-9-11-13-15-17-19-47-51-55-59-63-67-71-75-83(92)96-76-72-68-64-60-56-52-48-44-42-40-38-36-34-32-30-28-26-24-22-20-21-23-25-27-29-31-33-35-37-39-41-43-46-50-54-58-62-66-70-74-82(91)88-79(78-97-87-86(95)85(94)84(93)81(77-89)98-87)80(90)73-69-65-61-57-53-49-45-18-16-14-12-10-8-6-4-2/h20-21,24,26,53,57,69,73,79-81,84-87,89-90,93-95H,3-19,22-23,25,27-52,54-56,58-68,70-72,74-78H2,1-2H3,(H,88,91)/b21-20-,26-24-,57-53+,73-69+. The zero-order chi connectivity index (χ0) is 70.8. The fourth-order valence-electron chi connectivity index (χ4n) is 13.7. The first-order valence-electron chi connectivity index (χ1n) is 42.9. The highest BCUT2D eigenvalue weighted by Crippen LogP contribution is 2.24. The van der Waals surface area contributed by atoms with Gasteiger partial charge in [0, 0.05) is 12.8 Å². The summed E-state index contributed by atoms with van der Waals surface area (Å²) in [5.74, 6) is -0.167. The summed E-state index contributed by atoms with van der Waals surface area (Å²) in [7, 11) is 0. The highest BCUT2D eigenvalue weighted by atomic mass is 16.7. The minimum absolute atomic E-state index is 0.0187. The monoisotopic (exact) mass is 1380 g/mol. The first-order chi connectivity index (χ1) is 48.2. The van der Waals surface area contributed by atoms with E-state index in [-0.39, 0.29) is 18.5 Å². The largest absolute Gasteiger partial charge is 0.466 e. The van der Waals surface area contributed by atoms with Crippen LogP contribution < -0.4 is 5.32 Å². The second-order valence-electron chi connectivity index (χ2n) is 29.9. The number of carbonyl (C=O) groups excluding carboxylic acids is 2. The minimum atomic E-state index is -1.58. The van der Waals surface area contributed by atoms with Crippen LogP contribution in [0.2, 0.25) is 0 Å². The van der Waals surface area contributed by atoms with Crippen molar-refractivity contribution in [1.82, 2.24) is 5.32 Å². The number of allylic oxidation sites excluding steroid dienone is 7. The molecule has 1 amide bonds. The molecule has 1 rings (SSSR count). The molecule has 0 aromatic heterocycles. The molecule has 0 spiro atoms. The molecule has 7 atom stereocenters. The number of ether oxygens (including phenoxy) is 3. The van der Waals surface area contributed by atoms with E-state index in [1.807, 2.05) is 6.08 Å². The molecule has 98 heavy (non-hydrogen) atoms. The Morgan fingerprint density at radius 3 is 1.07 bits per heavy atom. The van der Waals surface area contributed by atoms with Crippen LogP contribution in [-0.2, 0) is 23.8 Å². The summed E-state index contributed by atoms with van der Waals surface area (Å²) in [6.45, 7) is 4.39. The Morgan fingerprint density at radius 1 is 0.378 bits per heavy atom. The predicted molar refractivity (Wildman–Crippen MR) is 417 cm³/mol. The van der Waals surface area contributed by atoms with Crippen molar-refractivity contribution in [2.75, 3.05) is 19.8 Å². The molecule has 0 aliphatic carbocycles. The summed E-state index contributed by atoms with van der Waals surface area (Å²) in [5, 5.41) is 54.6. The van der Waals surface area contributed by atoms with Gasteiger partial charge in [0.15, 0.2) is 6.29 Å². The molecule has 0 aromatic rings. The molecule has 576 valence electrons. The molecule has 0 bridgehead atoms. The topological polar surface area (TPSA) is 175 Å². The highest BCUT2D eigenvalue weighted by Gasteiger charge is 2.44. The van der Waals surface area contributed by atoms with Gasteiger partial charge in [-0.1, -0.05) is 390 Å². The molecule has 1 aliphatic heterocycles. The van der Waals surface area contributed by atoms with Gasteiger partial charge in [-0.15, -0.1) is 0 Å². The van der Waals surface area contributed by atoms with Gasteiger partial charge in [0.25, 0.3) is 0 Å². The van der Waals surface area contributed by atoms with Crippen LogP contribution >= 0.6 is 0 Å². The molecule has 0 aromatic carbocycles. The Kier molecular flexibility index (Phi) is 72.4. The van der Waals surface area contributed by atoms with Crippen LogP contribution in [0.25, 0.3) is 0 Å². The molecule has 11 heteroatoms. The van der Waals surface area contributed by atoms with Crippen molar-refractivity contribution in [3.8, 4) is 0 Å². The molecule has 1 fully saturated rings. The Morgan fingerprint density at radius 2 is 0.694 bits per heavy atom. The highest BCUT2D eigenvalue weighted by molar-refractivity contribution is 5.76. The molecule has 7 unspecified atom stereocenters. The maximum absolute atomic E-state index is 13.1. The lowest BCUT2D eigenvalue weighted by Gasteiger charge is -2.40. The van der Waals surface area contributed by atoms with Crippen LogP contribution in [0, 0.1) is 0 Å². The molecule has 0 radical (unpaired) electrons. The van der Waals surface area contributed by atoms with E-state index in [1.54, 1.807) is 6.08 Å². The Hall–Kier alpha value is -2.38. The maximum atomic E-state index is 13.1. The van der Waals surface area contributed by atoms with Crippen molar-refractivity contribution >= 4 is 11.9 Å². The summed E-state index contributed by atoms with van der Waals surface area (Å²) in [5.41, 5.74) is 0. The lowest BCUT2D eigenvalue weighted by atomic mass is 9.99. The van der Waals surface area contributed by atoms with Crippen LogP contribution in [0.1, 0.15) is 431 Å². The summed E-state index contributed by atoms with van der Waals surface area (Å²) in [6.07, 6.45) is 91.6. The zero-order valence-electron chi connectivity index (χ0n) is 64.5. The van der Waals surface area contributed by atoms with E-state index >= 15 is 0 Å². The SMILES string of the molecule is CCCCCCCCCCC/C=C/CC/C=C/C(O)C(COC1OC(CO)C(O)C(O)C1O)NC(=O)CCCCCCCCCCCCCCCCCCC/C=C\C/C=C\CCCCCCCCCCCCCCCCCOC(=O)CCCCCCCCCCCCCCCCCC. The van der Waals surface area contributed by atoms with E-state index in [0.29, 0.717) is 19.4 Å². The lowest BCUT2D eigenvalue weighted by molar-refractivity contribution is -0.302. The van der Waals surface area contributed by atoms with Crippen molar-refractivity contribution in [2.24, 2.45) is 0 Å². The van der Waals surface area contributed by atoms with Crippen LogP contribution in [0.3, 0.4) is 0 Å². The van der Waals surface area contributed by atoms with Gasteiger partial charge in [0.05, 0.1) is 32.0 Å². The Labute approximate surface area is 606 Å². The summed E-state index contributed by atoms with van der Waals surface area (Å²) in [6, 6.07) is -0.826. The van der Waals surface area contributed by atoms with E-state index in [2.05, 4.69) is 55.6 Å². The molecule has 6 N–H and O–H groups in total. The van der Waals surface area contributed by atoms with Gasteiger partial charge in [-0.2, -0.15) is 0 Å². The number of carbonyl (C=O) groups is 2. The number of hydrogen-bond acceptors (Lipinski definition) is 10. The van der Waals surface area contributed by atoms with E-state index in [1.165, 1.54) is 347 Å². The third kappa shape index (κ3) is 63.3. The van der Waals surface area contributed by atoms with E-state index in [9.17, 15) is 35.1 Å². The minimum Gasteiger partial charge on any atom is -0.466 e. The summed E-state index contributed by atoms with van der Waals surface area (Å²) >= 11 is 0. The van der Waals surface area contributed by atoms with Gasteiger partial charge >= 0.3 is 5.97 Å². The van der Waals surface area contributed by atoms with Crippen LogP contribution in [0.4, 0.5) is 0 Å². The maximum Gasteiger partial charge on any atom is 0.305 e. The van der Waals surface area contributed by atoms with Crippen molar-refractivity contribution in [1.29, 1.82) is 0 Å². The van der Waals surface area contributed by atoms with E-state index in [4.69, 9.17) is 14.2 Å². The fourth-order valence-corrected chi connectivity index (χ4v) is 13.7. The molecule has 1 heterocycles. The number of amides is 1. The van der Waals surface area contributed by atoms with Crippen LogP contribution in [0.5, 0.6) is 0 Å². The Bertz CT molecular complexity index is 1770. The zero-order valence-corrected chi connectivity index (χ0v) is 64.5. The first kappa shape index (κ1) is 93.6. The molecule has 11 nitrogen and oxygen atoms in total. The molecule has 0 saturated carbocycles. The van der Waals surface area contributed by atoms with Crippen LogP contribution in [0.15, 0.2) is 48.6 Å². The van der Waals surface area contributed by atoms with E-state index in [0.717, 1.165) is 57.8 Å². The smallest absolute Gasteiger partial charge is 0.305 e. The van der Waals surface area contributed by atoms with Gasteiger partial charge in [-0.25, -0.2) is 0 Å². The average molecular weight is 1380 g/mol. The third-order valence-electron chi connectivity index (χ3n) is 20.4. The van der Waals surface area contributed by atoms with Gasteiger partial charge in [-0.3, -0.25) is 9.59 Å². The quantitative estimate of drug-likeness (QED) is 0.0195. The molecular weight excluding hydrogens is 1220 g/mol. The van der Waals surface area contributed by atoms with Crippen molar-refractivity contribution in [2.45, 2.75) is 474 Å². The van der Waals surface area contributed by atoms with Gasteiger partial charge in [0.2, 0.25) is 5.91 Å². The second-order valence-corrected chi connectivity index (χ2v) is 29.9. The van der Waals surface area contributed by atoms with Gasteiger partial charge in [-0.05, 0) is 77.0 Å². The number of unbranched alkanes of at least 4 members (excludes halogenated alkanes) is 57. The van der Waals surface area contributed by atoms with Crippen LogP contribution in [-0.4, -0.2) is 100 Å². The molecule has 1 saturated heterocycles. The normalized spacial score (nSPS) is 17.4. The van der Waals surface area contributed by atoms with E-state index < -0.39 is 49.5 Å². The number of aliphatic hydroxyl groups is 5. The van der Waals surface area contributed by atoms with Gasteiger partial charge in [0.1, 0.15) is 24.4 Å². The predicted octanol–water partition coefficient (Wildman–Crippen LogP) is 23.8. The Balaban J connectivity index is 1.91. The lowest BCUT2D eigenvalue weighted by Crippen LogP contribution is -2.60. The van der Waals surface area contributed by atoms with Crippen molar-refractivity contribution < 1.29 is 49.3 Å². The van der Waals surface area contributed by atoms with Crippen molar-refractivity contribution in [3.05, 3.63) is 48.6 Å². The number of hydrogen-bond donors (Lipinski definition) is 6. The average Bonchev–Trinajstić information content (AvgIpc) is 0.823. The number of esters is 1. The number of rotatable bonds is 77. The van der Waals surface area contributed by atoms with Crippen molar-refractivity contribution in [3.63, 3.8) is 0 Å².